The van der Waals surface area contributed by atoms with Gasteiger partial charge in [-0.2, -0.15) is 0 Å². The first-order chi connectivity index (χ1) is 12.6. The minimum Gasteiger partial charge on any atom is -0.318 e. The lowest BCUT2D eigenvalue weighted by Gasteiger charge is -2.18. The fourth-order valence-electron chi connectivity index (χ4n) is 2.83. The van der Waals surface area contributed by atoms with Crippen LogP contribution in [0.25, 0.3) is 0 Å². The fourth-order valence-corrected chi connectivity index (χ4v) is 5.32. The van der Waals surface area contributed by atoms with Gasteiger partial charge in [0.05, 0.1) is 12.3 Å². The van der Waals surface area contributed by atoms with Crippen LogP contribution in [0.4, 0.5) is 0 Å². The van der Waals surface area contributed by atoms with Gasteiger partial charge in [-0.15, -0.1) is 0 Å². The quantitative estimate of drug-likeness (QED) is 0.461. The highest BCUT2D eigenvalue weighted by molar-refractivity contribution is 7.73. The molecule has 0 saturated carbocycles. The van der Waals surface area contributed by atoms with E-state index in [1.807, 2.05) is 18.2 Å². The third-order valence-electron chi connectivity index (χ3n) is 4.22. The van der Waals surface area contributed by atoms with Crippen molar-refractivity contribution in [3.63, 3.8) is 0 Å². The van der Waals surface area contributed by atoms with Crippen molar-refractivity contribution in [3.8, 4) is 0 Å². The van der Waals surface area contributed by atoms with Crippen molar-refractivity contribution in [1.29, 1.82) is 0 Å². The van der Waals surface area contributed by atoms with Crippen LogP contribution >= 0.6 is 7.14 Å². The molecule has 3 aromatic rings. The molecule has 3 aromatic carbocycles. The number of Topliss-reactive ketones (excluding diaryl/α,β-unsaturated/α-hetero) is 2. The van der Waals surface area contributed by atoms with Crippen molar-refractivity contribution < 1.29 is 14.2 Å². The Morgan fingerprint density at radius 1 is 0.577 bits per heavy atom. The molecule has 0 radical (unpaired) electrons. The molecule has 0 saturated heterocycles. The van der Waals surface area contributed by atoms with Gasteiger partial charge in [-0.05, 0) is 0 Å². The van der Waals surface area contributed by atoms with E-state index in [2.05, 4.69) is 0 Å². The van der Waals surface area contributed by atoms with Crippen molar-refractivity contribution in [1.82, 2.24) is 0 Å². The largest absolute Gasteiger partial charge is 0.318 e. The van der Waals surface area contributed by atoms with Gasteiger partial charge >= 0.3 is 0 Å². The second kappa shape index (κ2) is 8.07. The number of hydrogen-bond donors (Lipinski definition) is 0. The molecule has 0 spiro atoms. The third kappa shape index (κ3) is 4.25. The van der Waals surface area contributed by atoms with E-state index in [0.717, 1.165) is 0 Å². The van der Waals surface area contributed by atoms with Crippen LogP contribution in [0.2, 0.25) is 0 Å². The Bertz CT molecular complexity index is 877. The SMILES string of the molecule is O=C(CP(=O)(CC(=O)c1ccccc1)c1ccccc1)c1ccccc1. The summed E-state index contributed by atoms with van der Waals surface area (Å²) < 4.78 is 13.7. The lowest BCUT2D eigenvalue weighted by Crippen LogP contribution is -2.20. The maximum Gasteiger partial charge on any atom is 0.170 e. The second-order valence-corrected chi connectivity index (χ2v) is 9.05. The van der Waals surface area contributed by atoms with Crippen molar-refractivity contribution in [2.75, 3.05) is 12.3 Å². The second-order valence-electron chi connectivity index (χ2n) is 6.12. The molecule has 4 heteroatoms. The monoisotopic (exact) mass is 362 g/mol. The molecule has 3 rings (SSSR count). The van der Waals surface area contributed by atoms with E-state index in [1.54, 1.807) is 72.8 Å². The first-order valence-corrected chi connectivity index (χ1v) is 10.5. The summed E-state index contributed by atoms with van der Waals surface area (Å²) in [6, 6.07) is 26.4. The van der Waals surface area contributed by atoms with Gasteiger partial charge in [0.2, 0.25) is 0 Å². The number of benzene rings is 3. The molecule has 0 unspecified atom stereocenters. The third-order valence-corrected chi connectivity index (χ3v) is 7.05. The Labute approximate surface area is 153 Å². The first kappa shape index (κ1) is 18.0. The van der Waals surface area contributed by atoms with Gasteiger partial charge in [0.15, 0.2) is 11.6 Å². The molecule has 0 aliphatic heterocycles. The van der Waals surface area contributed by atoms with E-state index in [0.29, 0.717) is 16.4 Å². The summed E-state index contributed by atoms with van der Waals surface area (Å²) in [5.41, 5.74) is 1.02. The molecule has 0 amide bonds. The van der Waals surface area contributed by atoms with Crippen molar-refractivity contribution in [3.05, 3.63) is 102 Å². The van der Waals surface area contributed by atoms with Crippen LogP contribution in [0.15, 0.2) is 91.0 Å². The van der Waals surface area contributed by atoms with Crippen LogP contribution in [0, 0.1) is 0 Å². The van der Waals surface area contributed by atoms with E-state index in [-0.39, 0.29) is 23.9 Å². The van der Waals surface area contributed by atoms with Crippen LogP contribution in [0.3, 0.4) is 0 Å². The summed E-state index contributed by atoms with van der Waals surface area (Å²) >= 11 is 0. The van der Waals surface area contributed by atoms with E-state index in [4.69, 9.17) is 0 Å². The lowest BCUT2D eigenvalue weighted by molar-refractivity contribution is 0.102. The average Bonchev–Trinajstić information content (AvgIpc) is 2.70. The van der Waals surface area contributed by atoms with Gasteiger partial charge < -0.3 is 4.57 Å². The van der Waals surface area contributed by atoms with E-state index < -0.39 is 7.14 Å². The van der Waals surface area contributed by atoms with Crippen molar-refractivity contribution >= 4 is 24.0 Å². The van der Waals surface area contributed by atoms with Crippen molar-refractivity contribution in [2.45, 2.75) is 0 Å². The highest BCUT2D eigenvalue weighted by atomic mass is 31.2. The van der Waals surface area contributed by atoms with Crippen LogP contribution in [0.5, 0.6) is 0 Å². The number of ketones is 2. The van der Waals surface area contributed by atoms with E-state index >= 15 is 0 Å². The van der Waals surface area contributed by atoms with Gasteiger partial charge in [0.25, 0.3) is 0 Å². The highest BCUT2D eigenvalue weighted by Crippen LogP contribution is 2.45. The molecule has 0 aliphatic rings. The summed E-state index contributed by atoms with van der Waals surface area (Å²) in [6.07, 6.45) is -0.306. The Balaban J connectivity index is 1.91. The molecule has 0 aromatic heterocycles. The van der Waals surface area contributed by atoms with Gasteiger partial charge in [0.1, 0.15) is 7.14 Å². The maximum atomic E-state index is 13.7. The molecule has 130 valence electrons. The minimum absolute atomic E-state index is 0.153. The normalized spacial score (nSPS) is 11.1. The first-order valence-electron chi connectivity index (χ1n) is 8.39. The molecule has 0 heterocycles. The van der Waals surface area contributed by atoms with E-state index in [9.17, 15) is 14.2 Å². The summed E-state index contributed by atoms with van der Waals surface area (Å²) in [7, 11) is -3.21. The fraction of sp³-hybridized carbons (Fsp3) is 0.0909. The van der Waals surface area contributed by atoms with Gasteiger partial charge in [-0.1, -0.05) is 91.0 Å². The van der Waals surface area contributed by atoms with Gasteiger partial charge in [-0.25, -0.2) is 0 Å². The Kier molecular flexibility index (Phi) is 5.60. The number of carbonyl (C=O) groups excluding carboxylic acids is 2. The summed E-state index contributed by atoms with van der Waals surface area (Å²) in [6.45, 7) is 0. The van der Waals surface area contributed by atoms with Crippen LogP contribution < -0.4 is 5.30 Å². The summed E-state index contributed by atoms with van der Waals surface area (Å²) in [4.78, 5) is 25.3. The minimum atomic E-state index is -3.21. The number of rotatable bonds is 7. The molecular weight excluding hydrogens is 343 g/mol. The van der Waals surface area contributed by atoms with Gasteiger partial charge in [-0.3, -0.25) is 9.59 Å². The Morgan fingerprint density at radius 2 is 0.923 bits per heavy atom. The Hall–Kier alpha value is -2.77. The predicted octanol–water partition coefficient (Wildman–Crippen LogP) is 4.44. The van der Waals surface area contributed by atoms with Crippen molar-refractivity contribution in [2.24, 2.45) is 0 Å². The average molecular weight is 362 g/mol. The number of hydrogen-bond acceptors (Lipinski definition) is 3. The van der Waals surface area contributed by atoms with Crippen LogP contribution in [-0.2, 0) is 4.57 Å². The zero-order chi connectivity index (χ0) is 18.4. The standard InChI is InChI=1S/C22H19O3P/c23-21(18-10-4-1-5-11-18)16-26(25,20-14-8-3-9-15-20)17-22(24)19-12-6-2-7-13-19/h1-15H,16-17H2. The topological polar surface area (TPSA) is 51.2 Å². The molecule has 0 aliphatic carbocycles. The lowest BCUT2D eigenvalue weighted by atomic mass is 10.1. The van der Waals surface area contributed by atoms with Crippen LogP contribution in [0.1, 0.15) is 20.7 Å². The number of carbonyl (C=O) groups is 2. The molecule has 0 N–H and O–H groups in total. The molecule has 0 bridgehead atoms. The molecule has 0 fully saturated rings. The Morgan fingerprint density at radius 3 is 1.31 bits per heavy atom. The summed E-state index contributed by atoms with van der Waals surface area (Å²) in [5.74, 6) is -0.419. The zero-order valence-electron chi connectivity index (χ0n) is 14.2. The molecule has 26 heavy (non-hydrogen) atoms. The van der Waals surface area contributed by atoms with Gasteiger partial charge in [0, 0.05) is 16.4 Å². The highest BCUT2D eigenvalue weighted by Gasteiger charge is 2.31. The summed E-state index contributed by atoms with van der Waals surface area (Å²) in [5, 5.41) is 0.563. The predicted molar refractivity (Wildman–Crippen MR) is 105 cm³/mol. The smallest absolute Gasteiger partial charge is 0.170 e. The maximum absolute atomic E-state index is 13.7. The molecule has 3 nitrogen and oxygen atoms in total. The molecule has 0 atom stereocenters. The zero-order valence-corrected chi connectivity index (χ0v) is 15.1. The van der Waals surface area contributed by atoms with E-state index in [1.165, 1.54) is 0 Å². The molecular formula is C22H19O3P. The van der Waals surface area contributed by atoms with Crippen LogP contribution in [-0.4, -0.2) is 23.9 Å².